The average Bonchev–Trinajstić information content (AvgIpc) is 3.00. The number of aliphatic imine (C=N–C) groups is 1. The number of rotatable bonds is 3. The molecule has 1 saturated heterocycles. The predicted octanol–water partition coefficient (Wildman–Crippen LogP) is -0.242. The van der Waals surface area contributed by atoms with Crippen molar-refractivity contribution < 1.29 is 19.1 Å². The van der Waals surface area contributed by atoms with Crippen molar-refractivity contribution in [2.45, 2.75) is 0 Å². The minimum absolute atomic E-state index is 0.0364. The molecule has 3 N–H and O–H groups in total. The number of ether oxygens (including phenoxy) is 1. The number of hydrogen-bond acceptors (Lipinski definition) is 7. The highest BCUT2D eigenvalue weighted by atomic mass is 32.2. The first-order valence-electron chi connectivity index (χ1n) is 5.61. The van der Waals surface area contributed by atoms with Gasteiger partial charge in [-0.3, -0.25) is 14.5 Å². The number of aromatic nitrogens is 2. The van der Waals surface area contributed by atoms with Crippen molar-refractivity contribution in [3.63, 3.8) is 0 Å². The number of nitrogens with two attached hydrogens (primary N) is 1. The molecule has 0 aromatic carbocycles. The Balaban J connectivity index is 2.33. The number of amides is 2. The maximum Gasteiger partial charge on any atom is 0.331 e. The number of hydrogen-bond donors (Lipinski definition) is 2. The summed E-state index contributed by atoms with van der Waals surface area (Å²) < 4.78 is 4.47. The molecule has 9 nitrogen and oxygen atoms in total. The fraction of sp³-hybridized carbons (Fsp3) is 0.182. The number of nitrogens with one attached hydrogen (secondary N) is 1. The Bertz CT molecular complexity index is 678. The van der Waals surface area contributed by atoms with Crippen LogP contribution in [0.3, 0.4) is 0 Å². The van der Waals surface area contributed by atoms with E-state index in [1.807, 2.05) is 0 Å². The van der Waals surface area contributed by atoms with Crippen LogP contribution < -0.4 is 5.73 Å². The summed E-state index contributed by atoms with van der Waals surface area (Å²) in [6.45, 7) is 0. The zero-order chi connectivity index (χ0) is 15.6. The van der Waals surface area contributed by atoms with Crippen molar-refractivity contribution in [2.75, 3.05) is 14.2 Å². The number of imidazole rings is 1. The molecule has 0 spiro atoms. The van der Waals surface area contributed by atoms with E-state index >= 15 is 0 Å². The molecule has 10 heteroatoms. The van der Waals surface area contributed by atoms with Crippen LogP contribution in [0.15, 0.2) is 22.3 Å². The number of nitrogens with zero attached hydrogens (tertiary/aromatic N) is 3. The predicted molar refractivity (Wildman–Crippen MR) is 74.7 cm³/mol. The topological polar surface area (TPSA) is 131 Å². The summed E-state index contributed by atoms with van der Waals surface area (Å²) in [5, 5.41) is 0.268. The zero-order valence-corrected chi connectivity index (χ0v) is 11.9. The highest BCUT2D eigenvalue weighted by Gasteiger charge is 2.31. The second-order valence-electron chi connectivity index (χ2n) is 3.86. The fourth-order valence-corrected chi connectivity index (χ4v) is 2.39. The molecule has 0 radical (unpaired) electrons. The Hall–Kier alpha value is -2.62. The number of carbonyl (C=O) groups is 3. The third kappa shape index (κ3) is 2.94. The zero-order valence-electron chi connectivity index (χ0n) is 11.1. The number of primary amides is 1. The summed E-state index contributed by atoms with van der Waals surface area (Å²) >= 11 is 0.970. The maximum absolute atomic E-state index is 11.9. The third-order valence-electron chi connectivity index (χ3n) is 2.52. The normalized spacial score (nSPS) is 18.6. The first kappa shape index (κ1) is 14.8. The van der Waals surface area contributed by atoms with Crippen molar-refractivity contribution in [3.05, 3.63) is 23.0 Å². The van der Waals surface area contributed by atoms with Gasteiger partial charge < -0.3 is 15.5 Å². The minimum Gasteiger partial charge on any atom is -0.466 e. The lowest BCUT2D eigenvalue weighted by Gasteiger charge is -2.06. The fourth-order valence-electron chi connectivity index (χ4n) is 1.46. The molecular formula is C11H11N5O4S. The number of H-pyrrole nitrogens is 1. The van der Waals surface area contributed by atoms with E-state index in [0.717, 1.165) is 17.8 Å². The third-order valence-corrected chi connectivity index (χ3v) is 3.58. The number of esters is 1. The van der Waals surface area contributed by atoms with E-state index in [0.29, 0.717) is 0 Å². The highest BCUT2D eigenvalue weighted by molar-refractivity contribution is 8.18. The minimum atomic E-state index is -0.714. The van der Waals surface area contributed by atoms with E-state index in [2.05, 4.69) is 19.7 Å². The van der Waals surface area contributed by atoms with E-state index in [4.69, 9.17) is 5.73 Å². The molecule has 0 saturated carbocycles. The highest BCUT2D eigenvalue weighted by Crippen LogP contribution is 2.31. The summed E-state index contributed by atoms with van der Waals surface area (Å²) in [7, 11) is 2.70. The molecule has 110 valence electrons. The summed E-state index contributed by atoms with van der Waals surface area (Å²) in [6, 6.07) is 0. The standard InChI is InChI=1S/C11H11N5O4S/c1-16-10(19)5(3-6(17)20-2)21-11(16)15-9-7(8(12)18)13-4-14-9/h3-4H,1-2H3,(H2,12,18)(H,13,14). The van der Waals surface area contributed by atoms with Gasteiger partial charge in [-0.15, -0.1) is 0 Å². The monoisotopic (exact) mass is 309 g/mol. The van der Waals surface area contributed by atoms with Crippen LogP contribution in [-0.2, 0) is 14.3 Å². The van der Waals surface area contributed by atoms with E-state index in [1.165, 1.54) is 25.4 Å². The van der Waals surface area contributed by atoms with Crippen LogP contribution >= 0.6 is 11.8 Å². The molecule has 0 aliphatic carbocycles. The van der Waals surface area contributed by atoms with Crippen molar-refractivity contribution in [1.29, 1.82) is 0 Å². The summed E-state index contributed by atoms with van der Waals surface area (Å²) in [5.41, 5.74) is 5.20. The van der Waals surface area contributed by atoms with Gasteiger partial charge in [0.2, 0.25) is 0 Å². The van der Waals surface area contributed by atoms with Gasteiger partial charge in [0.1, 0.15) is 0 Å². The number of methoxy groups -OCH3 is 1. The molecule has 21 heavy (non-hydrogen) atoms. The van der Waals surface area contributed by atoms with Gasteiger partial charge in [0.25, 0.3) is 11.8 Å². The molecule has 0 unspecified atom stereocenters. The summed E-state index contributed by atoms with van der Waals surface area (Å²) in [6.07, 6.45) is 2.34. The van der Waals surface area contributed by atoms with Crippen molar-refractivity contribution in [1.82, 2.24) is 14.9 Å². The van der Waals surface area contributed by atoms with E-state index in [9.17, 15) is 14.4 Å². The van der Waals surface area contributed by atoms with Crippen molar-refractivity contribution >= 4 is 40.5 Å². The van der Waals surface area contributed by atoms with Gasteiger partial charge in [0.15, 0.2) is 16.7 Å². The first-order valence-corrected chi connectivity index (χ1v) is 6.43. The number of thioether (sulfide) groups is 1. The van der Waals surface area contributed by atoms with Crippen LogP contribution in [-0.4, -0.2) is 52.0 Å². The SMILES string of the molecule is COC(=O)C=C1SC(=Nc2nc[nH]c2C(N)=O)N(C)C1=O. The number of likely N-dealkylation sites (N-methyl/N-ethyl adjacent to an activating group) is 1. The van der Waals surface area contributed by atoms with E-state index in [1.54, 1.807) is 0 Å². The number of amidine groups is 1. The summed E-state index contributed by atoms with van der Waals surface area (Å²) in [5.74, 6) is -1.68. The van der Waals surface area contributed by atoms with Crippen LogP contribution in [0, 0.1) is 0 Å². The maximum atomic E-state index is 11.9. The second-order valence-corrected chi connectivity index (χ2v) is 4.87. The van der Waals surface area contributed by atoms with Crippen molar-refractivity contribution in [3.8, 4) is 0 Å². The van der Waals surface area contributed by atoms with E-state index < -0.39 is 17.8 Å². The lowest BCUT2D eigenvalue weighted by Crippen LogP contribution is -2.24. The van der Waals surface area contributed by atoms with Crippen LogP contribution in [0.25, 0.3) is 0 Å². The van der Waals surface area contributed by atoms with Gasteiger partial charge in [-0.25, -0.2) is 14.8 Å². The molecule has 1 aromatic rings. The molecule has 2 heterocycles. The second kappa shape index (κ2) is 5.79. The average molecular weight is 309 g/mol. The molecule has 2 rings (SSSR count). The number of aromatic amines is 1. The van der Waals surface area contributed by atoms with Gasteiger partial charge in [0, 0.05) is 13.1 Å². The molecule has 0 atom stereocenters. The Morgan fingerprint density at radius 2 is 2.29 bits per heavy atom. The molecule has 2 amide bonds. The first-order chi connectivity index (χ1) is 9.93. The molecular weight excluding hydrogens is 298 g/mol. The Morgan fingerprint density at radius 1 is 1.57 bits per heavy atom. The van der Waals surface area contributed by atoms with Crippen LogP contribution in [0.1, 0.15) is 10.5 Å². The molecule has 1 aliphatic rings. The van der Waals surface area contributed by atoms with Crippen LogP contribution in [0.5, 0.6) is 0 Å². The summed E-state index contributed by atoms with van der Waals surface area (Å²) in [4.78, 5) is 46.2. The van der Waals surface area contributed by atoms with Gasteiger partial charge in [0.05, 0.1) is 18.3 Å². The van der Waals surface area contributed by atoms with Crippen molar-refractivity contribution in [2.24, 2.45) is 10.7 Å². The van der Waals surface area contributed by atoms with Gasteiger partial charge >= 0.3 is 5.97 Å². The lowest BCUT2D eigenvalue weighted by molar-refractivity contribution is -0.135. The number of carbonyl (C=O) groups excluding carboxylic acids is 3. The smallest absolute Gasteiger partial charge is 0.331 e. The Kier molecular flexibility index (Phi) is 4.08. The van der Waals surface area contributed by atoms with Gasteiger partial charge in [-0.1, -0.05) is 0 Å². The van der Waals surface area contributed by atoms with Crippen LogP contribution in [0.4, 0.5) is 5.82 Å². The van der Waals surface area contributed by atoms with Gasteiger partial charge in [-0.05, 0) is 11.8 Å². The largest absolute Gasteiger partial charge is 0.466 e. The molecule has 0 bridgehead atoms. The quantitative estimate of drug-likeness (QED) is 0.585. The van der Waals surface area contributed by atoms with Crippen LogP contribution in [0.2, 0.25) is 0 Å². The molecule has 1 fully saturated rings. The molecule has 1 aliphatic heterocycles. The van der Waals surface area contributed by atoms with Gasteiger partial charge in [-0.2, -0.15) is 0 Å². The lowest BCUT2D eigenvalue weighted by atomic mass is 10.4. The Labute approximate surface area is 123 Å². The van der Waals surface area contributed by atoms with E-state index in [-0.39, 0.29) is 21.6 Å². The Morgan fingerprint density at radius 3 is 2.90 bits per heavy atom. The molecule has 1 aromatic heterocycles.